The summed E-state index contributed by atoms with van der Waals surface area (Å²) in [5.41, 5.74) is 1.65. The second kappa shape index (κ2) is 8.23. The summed E-state index contributed by atoms with van der Waals surface area (Å²) in [4.78, 5) is 27.1. The van der Waals surface area contributed by atoms with Gasteiger partial charge in [0.25, 0.3) is 5.91 Å². The van der Waals surface area contributed by atoms with Crippen LogP contribution in [0.4, 0.5) is 0 Å². The Morgan fingerprint density at radius 2 is 1.82 bits per heavy atom. The molecule has 0 aliphatic carbocycles. The Kier molecular flexibility index (Phi) is 5.53. The Bertz CT molecular complexity index is 863. The molecule has 0 aromatic heterocycles. The summed E-state index contributed by atoms with van der Waals surface area (Å²) in [5, 5.41) is 3.73. The van der Waals surface area contributed by atoms with Crippen molar-refractivity contribution < 1.29 is 14.3 Å². The van der Waals surface area contributed by atoms with Crippen molar-refractivity contribution in [2.45, 2.75) is 25.3 Å². The summed E-state index contributed by atoms with van der Waals surface area (Å²) in [6.45, 7) is 1.70. The molecule has 6 heteroatoms. The zero-order chi connectivity index (χ0) is 19.5. The number of hydrogen-bond acceptors (Lipinski definition) is 3. The number of halogens is 1. The number of carbonyl (C=O) groups excluding carboxylic acids is 2. The first-order chi connectivity index (χ1) is 13.6. The highest BCUT2D eigenvalue weighted by Crippen LogP contribution is 2.31. The quantitative estimate of drug-likeness (QED) is 0.862. The number of hydrogen-bond donors (Lipinski definition) is 1. The first-order valence-electron chi connectivity index (χ1n) is 9.66. The van der Waals surface area contributed by atoms with E-state index < -0.39 is 0 Å². The number of piperidine rings is 1. The number of benzene rings is 2. The monoisotopic (exact) mass is 398 g/mol. The molecule has 0 radical (unpaired) electrons. The highest BCUT2D eigenvalue weighted by molar-refractivity contribution is 6.30. The van der Waals surface area contributed by atoms with Crippen molar-refractivity contribution in [3.8, 4) is 5.75 Å². The zero-order valence-corrected chi connectivity index (χ0v) is 16.3. The topological polar surface area (TPSA) is 58.6 Å². The molecule has 2 aliphatic heterocycles. The van der Waals surface area contributed by atoms with Gasteiger partial charge in [0.2, 0.25) is 5.91 Å². The molecule has 28 heavy (non-hydrogen) atoms. The summed E-state index contributed by atoms with van der Waals surface area (Å²) in [7, 11) is 0. The fourth-order valence-corrected chi connectivity index (χ4v) is 4.08. The van der Waals surface area contributed by atoms with E-state index in [-0.39, 0.29) is 23.8 Å². The van der Waals surface area contributed by atoms with Crippen molar-refractivity contribution in [2.24, 2.45) is 5.92 Å². The second-order valence-electron chi connectivity index (χ2n) is 7.40. The molecule has 1 atom stereocenters. The third-order valence-electron chi connectivity index (χ3n) is 5.46. The molecular formula is C22H23ClN2O3. The number of amides is 2. The van der Waals surface area contributed by atoms with Gasteiger partial charge in [-0.2, -0.15) is 0 Å². The van der Waals surface area contributed by atoms with Crippen LogP contribution in [-0.2, 0) is 11.2 Å². The SMILES string of the molecule is O=C(NC1CCN(C(=O)C2COc3ccc(Cl)cc3C2)CC1)c1ccccc1. The van der Waals surface area contributed by atoms with Crippen LogP contribution in [0.5, 0.6) is 5.75 Å². The van der Waals surface area contributed by atoms with E-state index in [1.807, 2.05) is 35.2 Å². The minimum absolute atomic E-state index is 0.0560. The number of nitrogens with zero attached hydrogens (tertiary/aromatic N) is 1. The van der Waals surface area contributed by atoms with Crippen molar-refractivity contribution in [2.75, 3.05) is 19.7 Å². The molecule has 1 fully saturated rings. The molecule has 2 aliphatic rings. The average Bonchev–Trinajstić information content (AvgIpc) is 2.74. The molecular weight excluding hydrogens is 376 g/mol. The molecule has 0 bridgehead atoms. The maximum absolute atomic E-state index is 12.9. The molecule has 5 nitrogen and oxygen atoms in total. The van der Waals surface area contributed by atoms with Crippen LogP contribution in [0.1, 0.15) is 28.8 Å². The Morgan fingerprint density at radius 1 is 1.07 bits per heavy atom. The first kappa shape index (κ1) is 18.8. The number of nitrogens with one attached hydrogen (secondary N) is 1. The van der Waals surface area contributed by atoms with Crippen molar-refractivity contribution in [1.29, 1.82) is 0 Å². The number of rotatable bonds is 3. The lowest BCUT2D eigenvalue weighted by molar-refractivity contribution is -0.138. The Hall–Kier alpha value is -2.53. The van der Waals surface area contributed by atoms with E-state index in [0.29, 0.717) is 36.7 Å². The first-order valence-corrected chi connectivity index (χ1v) is 10.0. The van der Waals surface area contributed by atoms with Crippen LogP contribution in [0.3, 0.4) is 0 Å². The fourth-order valence-electron chi connectivity index (χ4n) is 3.88. The molecule has 1 saturated heterocycles. The van der Waals surface area contributed by atoms with Crippen molar-refractivity contribution in [3.05, 3.63) is 64.7 Å². The highest BCUT2D eigenvalue weighted by Gasteiger charge is 2.32. The molecule has 4 rings (SSSR count). The summed E-state index contributed by atoms with van der Waals surface area (Å²) in [6.07, 6.45) is 2.18. The van der Waals surface area contributed by atoms with Gasteiger partial charge in [0.05, 0.1) is 5.92 Å². The van der Waals surface area contributed by atoms with E-state index >= 15 is 0 Å². The summed E-state index contributed by atoms with van der Waals surface area (Å²) in [6, 6.07) is 14.9. The number of fused-ring (bicyclic) bond motifs is 1. The largest absolute Gasteiger partial charge is 0.492 e. The predicted octanol–water partition coefficient (Wildman–Crippen LogP) is 3.31. The number of ether oxygens (including phenoxy) is 1. The van der Waals surface area contributed by atoms with E-state index in [9.17, 15) is 9.59 Å². The van der Waals surface area contributed by atoms with Gasteiger partial charge in [-0.15, -0.1) is 0 Å². The van der Waals surface area contributed by atoms with Gasteiger partial charge in [-0.3, -0.25) is 9.59 Å². The van der Waals surface area contributed by atoms with Crippen LogP contribution in [0.15, 0.2) is 48.5 Å². The van der Waals surface area contributed by atoms with E-state index in [2.05, 4.69) is 5.32 Å². The lowest BCUT2D eigenvalue weighted by atomic mass is 9.94. The molecule has 2 aromatic rings. The van der Waals surface area contributed by atoms with E-state index in [1.165, 1.54) is 0 Å². The van der Waals surface area contributed by atoms with Gasteiger partial charge < -0.3 is 15.0 Å². The smallest absolute Gasteiger partial charge is 0.251 e. The Balaban J connectivity index is 1.30. The van der Waals surface area contributed by atoms with E-state index in [1.54, 1.807) is 18.2 Å². The average molecular weight is 399 g/mol. The standard InChI is InChI=1S/C22H23ClN2O3/c23-18-6-7-20-16(13-18)12-17(14-28-20)22(27)25-10-8-19(9-11-25)24-21(26)15-4-2-1-3-5-15/h1-7,13,17,19H,8-12,14H2,(H,24,26). The Labute approximate surface area is 169 Å². The van der Waals surface area contributed by atoms with Crippen LogP contribution >= 0.6 is 11.6 Å². The van der Waals surface area contributed by atoms with Gasteiger partial charge in [-0.1, -0.05) is 29.8 Å². The van der Waals surface area contributed by atoms with Crippen LogP contribution < -0.4 is 10.1 Å². The van der Waals surface area contributed by atoms with Gasteiger partial charge >= 0.3 is 0 Å². The van der Waals surface area contributed by atoms with Crippen molar-refractivity contribution in [1.82, 2.24) is 10.2 Å². The van der Waals surface area contributed by atoms with Crippen molar-refractivity contribution >= 4 is 23.4 Å². The minimum Gasteiger partial charge on any atom is -0.492 e. The van der Waals surface area contributed by atoms with Gasteiger partial charge in [-0.25, -0.2) is 0 Å². The molecule has 146 valence electrons. The summed E-state index contributed by atoms with van der Waals surface area (Å²) in [5.74, 6) is 0.704. The summed E-state index contributed by atoms with van der Waals surface area (Å²) >= 11 is 6.07. The van der Waals surface area contributed by atoms with Gasteiger partial charge in [0.1, 0.15) is 12.4 Å². The lowest BCUT2D eigenvalue weighted by Crippen LogP contribution is -2.49. The molecule has 1 unspecified atom stereocenters. The third-order valence-corrected chi connectivity index (χ3v) is 5.69. The lowest BCUT2D eigenvalue weighted by Gasteiger charge is -2.35. The van der Waals surface area contributed by atoms with E-state index in [0.717, 1.165) is 24.2 Å². The summed E-state index contributed by atoms with van der Waals surface area (Å²) < 4.78 is 5.76. The minimum atomic E-state index is -0.179. The highest BCUT2D eigenvalue weighted by atomic mass is 35.5. The van der Waals surface area contributed by atoms with Crippen LogP contribution in [-0.4, -0.2) is 42.5 Å². The zero-order valence-electron chi connectivity index (χ0n) is 15.6. The number of carbonyl (C=O) groups is 2. The maximum Gasteiger partial charge on any atom is 0.251 e. The van der Waals surface area contributed by atoms with Gasteiger partial charge in [-0.05, 0) is 55.2 Å². The van der Waals surface area contributed by atoms with Crippen LogP contribution in [0, 0.1) is 5.92 Å². The molecule has 2 heterocycles. The fraction of sp³-hybridized carbons (Fsp3) is 0.364. The Morgan fingerprint density at radius 3 is 2.57 bits per heavy atom. The molecule has 0 spiro atoms. The van der Waals surface area contributed by atoms with Gasteiger partial charge in [0, 0.05) is 29.7 Å². The van der Waals surface area contributed by atoms with Gasteiger partial charge in [0.15, 0.2) is 0 Å². The predicted molar refractivity (Wildman–Crippen MR) is 108 cm³/mol. The van der Waals surface area contributed by atoms with Crippen LogP contribution in [0.25, 0.3) is 0 Å². The molecule has 2 aromatic carbocycles. The second-order valence-corrected chi connectivity index (χ2v) is 7.84. The van der Waals surface area contributed by atoms with E-state index in [4.69, 9.17) is 16.3 Å². The molecule has 1 N–H and O–H groups in total. The maximum atomic E-state index is 12.9. The normalized spacial score (nSPS) is 19.5. The number of likely N-dealkylation sites (tertiary alicyclic amines) is 1. The van der Waals surface area contributed by atoms with Crippen LogP contribution in [0.2, 0.25) is 5.02 Å². The molecule has 0 saturated carbocycles. The molecule has 2 amide bonds. The third kappa shape index (κ3) is 4.14. The van der Waals surface area contributed by atoms with Crippen molar-refractivity contribution in [3.63, 3.8) is 0 Å².